The van der Waals surface area contributed by atoms with Gasteiger partial charge in [0.25, 0.3) is 17.7 Å². The van der Waals surface area contributed by atoms with Gasteiger partial charge in [-0.05, 0) is 108 Å². The Kier molecular flexibility index (Phi) is 26.7. The molecule has 0 radical (unpaired) electrons. The van der Waals surface area contributed by atoms with Crippen LogP contribution in [0.4, 0.5) is 0 Å². The number of nitrogens with one attached hydrogen (secondary N) is 6. The van der Waals surface area contributed by atoms with Crippen molar-refractivity contribution in [2.24, 2.45) is 17.8 Å². The molecule has 5 unspecified atom stereocenters. The molecule has 0 aromatic heterocycles. The van der Waals surface area contributed by atoms with Gasteiger partial charge in [0.05, 0.1) is 12.5 Å². The number of likely N-dealkylation sites (N-methyl/N-ethyl adjacent to an activating group) is 4. The molecule has 5 heterocycles. The number of nitrogens with zero attached hydrogens (tertiary/aromatic N) is 8. The Hall–Kier alpha value is -8.53. The molecule has 2 aromatic rings. The van der Waals surface area contributed by atoms with E-state index >= 15 is 14.4 Å². The van der Waals surface area contributed by atoms with Gasteiger partial charge in [-0.2, -0.15) is 0 Å². The summed E-state index contributed by atoms with van der Waals surface area (Å²) >= 11 is 0. The average Bonchev–Trinajstić information content (AvgIpc) is 1.29. The number of hydrogen-bond donors (Lipinski definition) is 7. The van der Waals surface area contributed by atoms with Crippen LogP contribution < -0.4 is 31.9 Å². The van der Waals surface area contributed by atoms with Crippen LogP contribution in [0.25, 0.3) is 0 Å². The van der Waals surface area contributed by atoms with Crippen molar-refractivity contribution in [3.8, 4) is 0 Å². The maximum absolute atomic E-state index is 15.6. The SMILES string of the molecule is CC[C@H](C)[C@H]1C(=O)N2CC(=O)N(C)[C@@H](CC(C)C)C(=O)N[C@@H](CC(C)C)C(=O)N[C@H](C(=O)N3CCCCC3)CC(=O)N(C)[C@]3(C)NC(C)CC(NC3=O)C(=O)N(C)[C@@H](C)C(=O)N[C@@H]([C@@H](C)O)C(=O)N3CCCC3C(=O)N(C)C(Cc3ccccc3)C(=O)NC(Cc3ccccc3)C(=O)N12. The van der Waals surface area contributed by atoms with Crippen molar-refractivity contribution in [3.05, 3.63) is 71.8 Å². The molecule has 5 saturated heterocycles. The lowest BCUT2D eigenvalue weighted by atomic mass is 9.92. The van der Waals surface area contributed by atoms with Crippen LogP contribution in [-0.2, 0) is 75.2 Å². The molecule has 5 fully saturated rings. The molecule has 0 spiro atoms. The second kappa shape index (κ2) is 34.0. The molecular formula is C71H106N14O14. The Bertz CT molecular complexity index is 3280. The minimum Gasteiger partial charge on any atom is -0.391 e. The molecule has 28 nitrogen and oxygen atoms in total. The first-order valence-corrected chi connectivity index (χ1v) is 35.1. The van der Waals surface area contributed by atoms with Crippen LogP contribution >= 0.6 is 0 Å². The van der Waals surface area contributed by atoms with Gasteiger partial charge >= 0.3 is 0 Å². The smallest absolute Gasteiger partial charge is 0.266 e. The summed E-state index contributed by atoms with van der Waals surface area (Å²) < 4.78 is 0. The van der Waals surface area contributed by atoms with Crippen molar-refractivity contribution in [2.45, 2.75) is 225 Å². The van der Waals surface area contributed by atoms with Crippen molar-refractivity contribution >= 4 is 76.8 Å². The summed E-state index contributed by atoms with van der Waals surface area (Å²) in [6.07, 6.45) is 0.734. The Morgan fingerprint density at radius 1 is 0.596 bits per heavy atom. The Morgan fingerprint density at radius 2 is 1.18 bits per heavy atom. The highest BCUT2D eigenvalue weighted by atomic mass is 16.3. The molecule has 28 heteroatoms. The number of hydrogen-bond acceptors (Lipinski definition) is 15. The van der Waals surface area contributed by atoms with Crippen LogP contribution in [0.1, 0.15) is 145 Å². The largest absolute Gasteiger partial charge is 0.391 e. The molecule has 2 bridgehead atoms. The van der Waals surface area contributed by atoms with E-state index in [1.165, 1.54) is 63.8 Å². The number of rotatable bonds is 12. The zero-order valence-corrected chi connectivity index (χ0v) is 60.1. The Labute approximate surface area is 581 Å². The molecule has 0 aliphatic carbocycles. The molecule has 13 amide bonds. The van der Waals surface area contributed by atoms with Gasteiger partial charge in [-0.15, -0.1) is 0 Å². The summed E-state index contributed by atoms with van der Waals surface area (Å²) in [6, 6.07) is 3.53. The monoisotopic (exact) mass is 1380 g/mol. The lowest BCUT2D eigenvalue weighted by molar-refractivity contribution is -0.208. The number of aliphatic hydroxyl groups excluding tert-OH is 1. The number of aliphatic hydroxyl groups is 1. The zero-order chi connectivity index (χ0) is 73.1. The van der Waals surface area contributed by atoms with E-state index in [0.29, 0.717) is 49.9 Å². The number of piperidine rings is 1. The van der Waals surface area contributed by atoms with Crippen LogP contribution in [0.15, 0.2) is 60.7 Å². The summed E-state index contributed by atoms with van der Waals surface area (Å²) in [6.45, 7) is 16.7. The van der Waals surface area contributed by atoms with Crippen LogP contribution in [-0.4, -0.2) is 254 Å². The standard InChI is InChI=1S/C71H106N14O14/c1-15-43(6)59-69(98)84-40-57(88)79(12)54(35-42(4)5)62(91)72-49(34-41(2)3)61(90)73-52(65(94)82-31-23-18-24-32-82)39-56(87)81(14)71(10)70(99)75-50(36-44(7)77-71)64(93)78(11)45(8)60(89)76-58(46(9)86)68(97)83-33-25-30-53(83)67(96)80(13)55(38-48-28-21-17-22-29-48)63(92)74-51(66(95)85(59)84)37-47-26-19-16-20-27-47/h16-17,19-22,26-29,41-46,49-55,58-59,77,86H,15,18,23-25,30-40H2,1-14H3,(H,72,91)(H,73,90)(H,74,92)(H,75,99)(H,76,89)/t43-,44?,45-,46+,49-,50?,51?,52-,53?,54-,55?,58-,59-,71-/m0/s1. The zero-order valence-electron chi connectivity index (χ0n) is 60.1. The highest BCUT2D eigenvalue weighted by Crippen LogP contribution is 2.32. The van der Waals surface area contributed by atoms with Crippen LogP contribution in [0, 0.1) is 17.8 Å². The van der Waals surface area contributed by atoms with Crippen molar-refractivity contribution in [2.75, 3.05) is 54.4 Å². The molecule has 7 N–H and O–H groups in total. The highest BCUT2D eigenvalue weighted by Gasteiger charge is 2.54. The van der Waals surface area contributed by atoms with Gasteiger partial charge in [0.1, 0.15) is 67.0 Å². The average molecular weight is 1380 g/mol. The minimum atomic E-state index is -1.88. The van der Waals surface area contributed by atoms with E-state index < -0.39 is 174 Å². The van der Waals surface area contributed by atoms with E-state index in [0.717, 1.165) is 26.1 Å². The first-order chi connectivity index (χ1) is 46.7. The topological polar surface area (TPSA) is 340 Å². The van der Waals surface area contributed by atoms with Gasteiger partial charge < -0.3 is 61.1 Å². The van der Waals surface area contributed by atoms with E-state index in [1.54, 1.807) is 79.4 Å². The number of fused-ring (bicyclic) bond motifs is 5. The quantitative estimate of drug-likeness (QED) is 0.155. The van der Waals surface area contributed by atoms with E-state index in [-0.39, 0.29) is 56.9 Å². The third kappa shape index (κ3) is 18.5. The van der Waals surface area contributed by atoms with Crippen molar-refractivity contribution in [1.29, 1.82) is 0 Å². The maximum Gasteiger partial charge on any atom is 0.266 e. The van der Waals surface area contributed by atoms with Gasteiger partial charge in [-0.1, -0.05) is 109 Å². The number of amides is 13. The Balaban J connectivity index is 1.31. The Morgan fingerprint density at radius 3 is 1.77 bits per heavy atom. The van der Waals surface area contributed by atoms with Gasteiger partial charge in [0, 0.05) is 66.7 Å². The first kappa shape index (κ1) is 77.8. The third-order valence-electron chi connectivity index (χ3n) is 20.3. The molecule has 2 aromatic carbocycles. The fourth-order valence-electron chi connectivity index (χ4n) is 13.8. The van der Waals surface area contributed by atoms with Gasteiger partial charge in [0.2, 0.25) is 59.1 Å². The van der Waals surface area contributed by atoms with Crippen molar-refractivity contribution < 1.29 is 67.4 Å². The molecule has 7 rings (SSSR count). The second-order valence-electron chi connectivity index (χ2n) is 28.7. The molecule has 14 atom stereocenters. The van der Waals surface area contributed by atoms with Crippen molar-refractivity contribution in [1.82, 2.24) is 71.3 Å². The lowest BCUT2D eigenvalue weighted by Crippen LogP contribution is -2.76. The number of carbonyl (C=O) groups is 13. The highest BCUT2D eigenvalue weighted by molar-refractivity contribution is 6.03. The minimum absolute atomic E-state index is 0.0194. The molecule has 544 valence electrons. The molecule has 99 heavy (non-hydrogen) atoms. The fourth-order valence-corrected chi connectivity index (χ4v) is 13.8. The van der Waals surface area contributed by atoms with Crippen LogP contribution in [0.5, 0.6) is 0 Å². The van der Waals surface area contributed by atoms with Crippen LogP contribution in [0.2, 0.25) is 0 Å². The predicted molar refractivity (Wildman–Crippen MR) is 366 cm³/mol. The number of benzene rings is 2. The summed E-state index contributed by atoms with van der Waals surface area (Å²) in [5.74, 6) is -10.6. The van der Waals surface area contributed by atoms with E-state index in [9.17, 15) is 53.1 Å². The first-order valence-electron chi connectivity index (χ1n) is 35.1. The van der Waals surface area contributed by atoms with E-state index in [4.69, 9.17) is 0 Å². The maximum atomic E-state index is 15.6. The van der Waals surface area contributed by atoms with Gasteiger partial charge in [-0.3, -0.25) is 67.6 Å². The molecular weight excluding hydrogens is 1270 g/mol. The summed E-state index contributed by atoms with van der Waals surface area (Å²) in [7, 11) is 5.47. The van der Waals surface area contributed by atoms with Crippen LogP contribution in [0.3, 0.4) is 0 Å². The van der Waals surface area contributed by atoms with Crippen molar-refractivity contribution in [3.63, 3.8) is 0 Å². The number of likely N-dealkylation sites (tertiary alicyclic amines) is 1. The molecule has 0 saturated carbocycles. The molecule has 5 aliphatic heterocycles. The predicted octanol–water partition coefficient (Wildman–Crippen LogP) is 0.834. The second-order valence-corrected chi connectivity index (χ2v) is 28.7. The van der Waals surface area contributed by atoms with Gasteiger partial charge in [-0.25, -0.2) is 10.0 Å². The number of carbonyl (C=O) groups excluding carboxylic acids is 13. The summed E-state index contributed by atoms with van der Waals surface area (Å²) in [5.41, 5.74) is -0.635. The number of hydrazine groups is 1. The third-order valence-corrected chi connectivity index (χ3v) is 20.3. The van der Waals surface area contributed by atoms with Gasteiger partial charge in [0.15, 0.2) is 5.66 Å². The van der Waals surface area contributed by atoms with E-state index in [1.807, 2.05) is 34.6 Å². The normalized spacial score (nSPS) is 29.2. The molecule has 5 aliphatic rings. The lowest BCUT2D eigenvalue weighted by Gasteiger charge is -2.52. The van der Waals surface area contributed by atoms with E-state index in [2.05, 4.69) is 31.9 Å². The summed E-state index contributed by atoms with van der Waals surface area (Å²) in [4.78, 5) is 200. The fraction of sp³-hybridized carbons (Fsp3) is 0.648. The summed E-state index contributed by atoms with van der Waals surface area (Å²) in [5, 5.41) is 30.5.